The topological polar surface area (TPSA) is 50.8 Å². The number of ether oxygens (including phenoxy) is 2. The summed E-state index contributed by atoms with van der Waals surface area (Å²) in [5.41, 5.74) is 1.55. The van der Waals surface area contributed by atoms with Gasteiger partial charge in [0.05, 0.1) is 12.1 Å². The van der Waals surface area contributed by atoms with Crippen LogP contribution in [0.15, 0.2) is 30.3 Å². The Bertz CT molecular complexity index is 895. The Morgan fingerprint density at radius 3 is 2.63 bits per heavy atom. The molecule has 5 nitrogen and oxygen atoms in total. The molecule has 0 bridgehead atoms. The number of carbonyl (C=O) groups excluding carboxylic acids is 1. The molecular weight excluding hydrogens is 430 g/mol. The molecule has 0 radical (unpaired) electrons. The van der Waals surface area contributed by atoms with Crippen LogP contribution >= 0.6 is 23.2 Å². The number of halogens is 3. The quantitative estimate of drug-likeness (QED) is 0.522. The molecule has 0 aliphatic carbocycles. The fraction of sp³-hybridized carbons (Fsp3) is 0.409. The zero-order chi connectivity index (χ0) is 21.5. The standard InChI is InChI=1S/C22H25Cl2FN2O3/c1-29-20-10-16(13-26-7-3-9-27-8-2-4-22(27)28)19(24)12-21(20)30-14-15-5-6-17(25)11-18(15)23/h5-6,10-12,26H,2-4,7-9,13-14H2,1H3. The molecule has 162 valence electrons. The van der Waals surface area contributed by atoms with Gasteiger partial charge in [-0.15, -0.1) is 0 Å². The van der Waals surface area contributed by atoms with Gasteiger partial charge in [0, 0.05) is 42.7 Å². The van der Waals surface area contributed by atoms with Crippen LogP contribution in [-0.2, 0) is 17.9 Å². The number of nitrogens with one attached hydrogen (secondary N) is 1. The van der Waals surface area contributed by atoms with Crippen molar-refractivity contribution in [1.82, 2.24) is 10.2 Å². The zero-order valence-corrected chi connectivity index (χ0v) is 18.4. The van der Waals surface area contributed by atoms with Crippen molar-refractivity contribution in [2.75, 3.05) is 26.7 Å². The van der Waals surface area contributed by atoms with E-state index in [9.17, 15) is 9.18 Å². The summed E-state index contributed by atoms with van der Waals surface area (Å²) in [5.74, 6) is 0.893. The zero-order valence-electron chi connectivity index (χ0n) is 16.8. The van der Waals surface area contributed by atoms with Crippen LogP contribution < -0.4 is 14.8 Å². The largest absolute Gasteiger partial charge is 0.493 e. The summed E-state index contributed by atoms with van der Waals surface area (Å²) in [6.45, 7) is 3.17. The summed E-state index contributed by atoms with van der Waals surface area (Å²) >= 11 is 12.5. The highest BCUT2D eigenvalue weighted by Gasteiger charge is 2.19. The Morgan fingerprint density at radius 2 is 1.93 bits per heavy atom. The van der Waals surface area contributed by atoms with Crippen molar-refractivity contribution in [1.29, 1.82) is 0 Å². The Labute approximate surface area is 186 Å². The molecule has 1 aliphatic rings. The average molecular weight is 455 g/mol. The van der Waals surface area contributed by atoms with E-state index in [1.165, 1.54) is 12.1 Å². The summed E-state index contributed by atoms with van der Waals surface area (Å²) in [7, 11) is 1.56. The Kier molecular flexibility index (Phi) is 8.19. The monoisotopic (exact) mass is 454 g/mol. The van der Waals surface area contributed by atoms with Crippen LogP contribution in [0.25, 0.3) is 0 Å². The molecule has 1 amide bonds. The first-order valence-electron chi connectivity index (χ1n) is 9.89. The third-order valence-electron chi connectivity index (χ3n) is 5.00. The summed E-state index contributed by atoms with van der Waals surface area (Å²) < 4.78 is 24.4. The number of hydrogen-bond donors (Lipinski definition) is 1. The molecule has 0 unspecified atom stereocenters. The van der Waals surface area contributed by atoms with Gasteiger partial charge in [0.2, 0.25) is 5.91 Å². The highest BCUT2D eigenvalue weighted by atomic mass is 35.5. The second kappa shape index (κ2) is 10.8. The summed E-state index contributed by atoms with van der Waals surface area (Å²) in [4.78, 5) is 13.5. The molecule has 1 aliphatic heterocycles. The number of hydrogen-bond acceptors (Lipinski definition) is 4. The number of rotatable bonds is 10. The van der Waals surface area contributed by atoms with Crippen molar-refractivity contribution >= 4 is 29.1 Å². The van der Waals surface area contributed by atoms with Crippen molar-refractivity contribution in [3.05, 3.63) is 57.3 Å². The molecule has 0 aromatic heterocycles. The van der Waals surface area contributed by atoms with E-state index in [0.717, 1.165) is 38.0 Å². The number of benzene rings is 2. The van der Waals surface area contributed by atoms with E-state index in [0.29, 0.717) is 40.1 Å². The molecule has 30 heavy (non-hydrogen) atoms. The number of nitrogens with zero attached hydrogens (tertiary/aromatic N) is 1. The van der Waals surface area contributed by atoms with Gasteiger partial charge in [0.25, 0.3) is 0 Å². The predicted molar refractivity (Wildman–Crippen MR) is 116 cm³/mol. The van der Waals surface area contributed by atoms with Crippen molar-refractivity contribution in [3.8, 4) is 11.5 Å². The second-order valence-corrected chi connectivity index (χ2v) is 7.95. The van der Waals surface area contributed by atoms with Gasteiger partial charge in [-0.2, -0.15) is 0 Å². The van der Waals surface area contributed by atoms with Gasteiger partial charge < -0.3 is 19.7 Å². The molecule has 8 heteroatoms. The van der Waals surface area contributed by atoms with Crippen molar-refractivity contribution in [2.45, 2.75) is 32.4 Å². The molecule has 1 heterocycles. The van der Waals surface area contributed by atoms with E-state index in [2.05, 4.69) is 5.32 Å². The van der Waals surface area contributed by atoms with Crippen LogP contribution in [-0.4, -0.2) is 37.6 Å². The molecule has 2 aromatic rings. The minimum Gasteiger partial charge on any atom is -0.493 e. The lowest BCUT2D eigenvalue weighted by Crippen LogP contribution is -2.28. The van der Waals surface area contributed by atoms with E-state index >= 15 is 0 Å². The van der Waals surface area contributed by atoms with E-state index in [1.807, 2.05) is 11.0 Å². The minimum atomic E-state index is -0.395. The number of amides is 1. The fourth-order valence-corrected chi connectivity index (χ4v) is 3.78. The Balaban J connectivity index is 1.53. The van der Waals surface area contributed by atoms with Crippen LogP contribution in [0.3, 0.4) is 0 Å². The molecule has 0 saturated carbocycles. The van der Waals surface area contributed by atoms with Gasteiger partial charge in [0.15, 0.2) is 11.5 Å². The minimum absolute atomic E-state index is 0.165. The first-order valence-corrected chi connectivity index (χ1v) is 10.6. The normalized spacial score (nSPS) is 13.7. The van der Waals surface area contributed by atoms with Gasteiger partial charge in [-0.05, 0) is 43.1 Å². The lowest BCUT2D eigenvalue weighted by molar-refractivity contribution is -0.127. The summed E-state index contributed by atoms with van der Waals surface area (Å²) in [6, 6.07) is 7.71. The molecule has 1 saturated heterocycles. The van der Waals surface area contributed by atoms with E-state index < -0.39 is 5.82 Å². The molecule has 1 N–H and O–H groups in total. The summed E-state index contributed by atoms with van der Waals surface area (Å²) in [6.07, 6.45) is 2.52. The van der Waals surface area contributed by atoms with Crippen LogP contribution in [0.4, 0.5) is 4.39 Å². The number of carbonyl (C=O) groups is 1. The van der Waals surface area contributed by atoms with E-state index in [4.69, 9.17) is 32.7 Å². The smallest absolute Gasteiger partial charge is 0.222 e. The lowest BCUT2D eigenvalue weighted by atomic mass is 10.2. The Hall–Kier alpha value is -2.02. The van der Waals surface area contributed by atoms with E-state index in [-0.39, 0.29) is 12.5 Å². The molecule has 2 aromatic carbocycles. The van der Waals surface area contributed by atoms with Gasteiger partial charge in [-0.3, -0.25) is 4.79 Å². The third-order valence-corrected chi connectivity index (χ3v) is 5.70. The van der Waals surface area contributed by atoms with Gasteiger partial charge in [-0.25, -0.2) is 4.39 Å². The second-order valence-electron chi connectivity index (χ2n) is 7.13. The molecular formula is C22H25Cl2FN2O3. The van der Waals surface area contributed by atoms with Gasteiger partial charge in [0.1, 0.15) is 12.4 Å². The maximum Gasteiger partial charge on any atom is 0.222 e. The number of methoxy groups -OCH3 is 1. The van der Waals surface area contributed by atoms with Gasteiger partial charge in [-0.1, -0.05) is 29.3 Å². The van der Waals surface area contributed by atoms with E-state index in [1.54, 1.807) is 19.2 Å². The number of likely N-dealkylation sites (tertiary alicyclic amines) is 1. The molecule has 3 rings (SSSR count). The predicted octanol–water partition coefficient (Wildman–Crippen LogP) is 4.82. The lowest BCUT2D eigenvalue weighted by Gasteiger charge is -2.16. The first-order chi connectivity index (χ1) is 14.5. The molecule has 0 spiro atoms. The van der Waals surface area contributed by atoms with Crippen LogP contribution in [0.2, 0.25) is 10.0 Å². The first kappa shape index (κ1) is 22.7. The summed E-state index contributed by atoms with van der Waals surface area (Å²) in [5, 5.41) is 4.21. The average Bonchev–Trinajstić information content (AvgIpc) is 3.13. The maximum absolute atomic E-state index is 13.2. The highest BCUT2D eigenvalue weighted by Crippen LogP contribution is 2.34. The van der Waals surface area contributed by atoms with Crippen LogP contribution in [0, 0.1) is 5.82 Å². The van der Waals surface area contributed by atoms with Crippen molar-refractivity contribution in [2.24, 2.45) is 0 Å². The fourth-order valence-electron chi connectivity index (χ4n) is 3.34. The third kappa shape index (κ3) is 6.00. The van der Waals surface area contributed by atoms with Crippen molar-refractivity contribution in [3.63, 3.8) is 0 Å². The SMILES string of the molecule is COc1cc(CNCCCN2CCCC2=O)c(Cl)cc1OCc1ccc(F)cc1Cl. The van der Waals surface area contributed by atoms with Gasteiger partial charge >= 0.3 is 0 Å². The maximum atomic E-state index is 13.2. The van der Waals surface area contributed by atoms with Crippen LogP contribution in [0.1, 0.15) is 30.4 Å². The van der Waals surface area contributed by atoms with Crippen LogP contribution in [0.5, 0.6) is 11.5 Å². The molecule has 0 atom stereocenters. The van der Waals surface area contributed by atoms with Crippen molar-refractivity contribution < 1.29 is 18.7 Å². The Morgan fingerprint density at radius 1 is 1.13 bits per heavy atom. The highest BCUT2D eigenvalue weighted by molar-refractivity contribution is 6.31. The molecule has 1 fully saturated rings.